The molecule has 0 radical (unpaired) electrons. The number of ether oxygens (including phenoxy) is 3. The van der Waals surface area contributed by atoms with E-state index < -0.39 is 0 Å². The lowest BCUT2D eigenvalue weighted by atomic mass is 9.85. The molecule has 3 aliphatic rings. The van der Waals surface area contributed by atoms with Crippen molar-refractivity contribution in [2.45, 2.75) is 25.2 Å². The van der Waals surface area contributed by atoms with E-state index in [-0.39, 0.29) is 18.0 Å². The van der Waals surface area contributed by atoms with Crippen LogP contribution in [-0.2, 0) is 6.42 Å². The molecule has 3 aliphatic heterocycles. The molecule has 0 N–H and O–H groups in total. The Morgan fingerprint density at radius 2 is 1.69 bits per heavy atom. The molecule has 2 bridgehead atoms. The maximum atomic E-state index is 13.5. The van der Waals surface area contributed by atoms with E-state index in [2.05, 4.69) is 14.9 Å². The lowest BCUT2D eigenvalue weighted by molar-refractivity contribution is 0.0981. The van der Waals surface area contributed by atoms with E-state index in [1.165, 1.54) is 0 Å². The fourth-order valence-electron chi connectivity index (χ4n) is 5.85. The van der Waals surface area contributed by atoms with Crippen molar-refractivity contribution in [3.05, 3.63) is 90.3 Å². The van der Waals surface area contributed by atoms with Gasteiger partial charge >= 0.3 is 0 Å². The second-order valence-electron chi connectivity index (χ2n) is 10.5. The van der Waals surface area contributed by atoms with Crippen molar-refractivity contribution in [1.29, 1.82) is 0 Å². The van der Waals surface area contributed by atoms with E-state index >= 15 is 0 Å². The Morgan fingerprint density at radius 1 is 0.905 bits per heavy atom. The van der Waals surface area contributed by atoms with E-state index in [1.807, 2.05) is 42.5 Å². The number of benzene rings is 2. The summed E-state index contributed by atoms with van der Waals surface area (Å²) in [5.41, 5.74) is 5.25. The van der Waals surface area contributed by atoms with Crippen LogP contribution in [0.5, 0.6) is 23.0 Å². The lowest BCUT2D eigenvalue weighted by Gasteiger charge is -2.42. The second kappa shape index (κ2) is 10.7. The average molecular weight is 560 g/mol. The van der Waals surface area contributed by atoms with Gasteiger partial charge in [0.1, 0.15) is 11.5 Å². The van der Waals surface area contributed by atoms with Gasteiger partial charge in [-0.25, -0.2) is 9.97 Å². The molecule has 8 rings (SSSR count). The van der Waals surface area contributed by atoms with Crippen LogP contribution < -0.4 is 19.1 Å². The summed E-state index contributed by atoms with van der Waals surface area (Å²) in [6.07, 6.45) is 5.50. The molecular weight excluding hydrogens is 530 g/mol. The molecule has 1 fully saturated rings. The molecular formula is C33H29N5O4. The molecule has 42 heavy (non-hydrogen) atoms. The fraction of sp³-hybridized carbons (Fsp3) is 0.242. The van der Waals surface area contributed by atoms with Gasteiger partial charge in [-0.3, -0.25) is 14.8 Å². The topological polar surface area (TPSA) is 99.6 Å². The van der Waals surface area contributed by atoms with Gasteiger partial charge in [-0.15, -0.1) is 0 Å². The zero-order chi connectivity index (χ0) is 28.6. The maximum absolute atomic E-state index is 13.5. The summed E-state index contributed by atoms with van der Waals surface area (Å²) in [6, 6.07) is 19.1. The number of hydrogen-bond donors (Lipinski definition) is 0. The number of aromatic nitrogens is 4. The Kier molecular flexibility index (Phi) is 6.62. The van der Waals surface area contributed by atoms with Gasteiger partial charge in [0.15, 0.2) is 17.3 Å². The van der Waals surface area contributed by atoms with Crippen molar-refractivity contribution in [2.24, 2.45) is 0 Å². The number of nitrogens with zero attached hydrogens (tertiary/aromatic N) is 5. The summed E-state index contributed by atoms with van der Waals surface area (Å²) in [5, 5.41) is 0.776. The minimum absolute atomic E-state index is 0.0941. The normalized spacial score (nSPS) is 14.1. The first kappa shape index (κ1) is 25.9. The first-order valence-electron chi connectivity index (χ1n) is 14.0. The summed E-state index contributed by atoms with van der Waals surface area (Å²) < 4.78 is 17.0. The number of hydrogen-bond acceptors (Lipinski definition) is 9. The number of pyridine rings is 2. The van der Waals surface area contributed by atoms with E-state index in [9.17, 15) is 4.79 Å². The Hall–Kier alpha value is -5.05. The highest BCUT2D eigenvalue weighted by molar-refractivity contribution is 5.95. The lowest BCUT2D eigenvalue weighted by Crippen LogP contribution is -2.40. The molecule has 0 unspecified atom stereocenters. The molecule has 6 heterocycles. The fourth-order valence-corrected chi connectivity index (χ4v) is 5.85. The molecule has 5 aromatic rings. The molecule has 1 saturated heterocycles. The van der Waals surface area contributed by atoms with Gasteiger partial charge in [0.25, 0.3) is 0 Å². The molecule has 0 spiro atoms. The van der Waals surface area contributed by atoms with Crippen molar-refractivity contribution in [3.63, 3.8) is 0 Å². The Bertz CT molecular complexity index is 1790. The minimum Gasteiger partial charge on any atom is -0.493 e. The van der Waals surface area contributed by atoms with Crippen LogP contribution in [0.15, 0.2) is 73.1 Å². The van der Waals surface area contributed by atoms with E-state index in [0.29, 0.717) is 40.1 Å². The highest BCUT2D eigenvalue weighted by Gasteiger charge is 2.36. The Morgan fingerprint density at radius 3 is 2.43 bits per heavy atom. The number of carbonyl (C=O) groups is 1. The second-order valence-corrected chi connectivity index (χ2v) is 10.5. The first-order valence-corrected chi connectivity index (χ1v) is 14.0. The predicted molar refractivity (Wildman–Crippen MR) is 159 cm³/mol. The van der Waals surface area contributed by atoms with Gasteiger partial charge < -0.3 is 19.1 Å². The molecule has 210 valence electrons. The van der Waals surface area contributed by atoms with Crippen molar-refractivity contribution in [2.75, 3.05) is 32.2 Å². The van der Waals surface area contributed by atoms with E-state index in [1.54, 1.807) is 44.8 Å². The Balaban J connectivity index is 1.14. The smallest absolute Gasteiger partial charge is 0.205 e. The van der Waals surface area contributed by atoms with Crippen LogP contribution in [0.2, 0.25) is 0 Å². The van der Waals surface area contributed by atoms with Crippen molar-refractivity contribution >= 4 is 22.4 Å². The third kappa shape index (κ3) is 4.66. The first-order chi connectivity index (χ1) is 20.6. The van der Waals surface area contributed by atoms with Gasteiger partial charge in [0.05, 0.1) is 49.4 Å². The van der Waals surface area contributed by atoms with E-state index in [4.69, 9.17) is 24.2 Å². The number of Topliss-reactive ketones (excluding diaryl/α,β-unsaturated/α-hetero) is 1. The van der Waals surface area contributed by atoms with Crippen LogP contribution in [0.1, 0.15) is 40.8 Å². The van der Waals surface area contributed by atoms with Crippen LogP contribution in [0.4, 0.5) is 5.69 Å². The summed E-state index contributed by atoms with van der Waals surface area (Å²) in [5.74, 6) is 2.77. The molecule has 0 atom stereocenters. The number of carbonyl (C=O) groups excluding carboxylic acids is 1. The quantitative estimate of drug-likeness (QED) is 0.211. The van der Waals surface area contributed by atoms with Gasteiger partial charge in [-0.2, -0.15) is 0 Å². The maximum Gasteiger partial charge on any atom is 0.205 e. The van der Waals surface area contributed by atoms with Gasteiger partial charge in [0, 0.05) is 47.9 Å². The highest BCUT2D eigenvalue weighted by Crippen LogP contribution is 2.45. The van der Waals surface area contributed by atoms with Crippen molar-refractivity contribution in [3.8, 4) is 34.3 Å². The number of rotatable bonds is 8. The van der Waals surface area contributed by atoms with Crippen molar-refractivity contribution < 1.29 is 19.0 Å². The average Bonchev–Trinajstić information content (AvgIpc) is 3.05. The zero-order valence-electron chi connectivity index (χ0n) is 23.4. The van der Waals surface area contributed by atoms with Crippen molar-refractivity contribution in [1.82, 2.24) is 19.9 Å². The number of piperidine rings is 1. The predicted octanol–water partition coefficient (Wildman–Crippen LogP) is 6.02. The summed E-state index contributed by atoms with van der Waals surface area (Å²) in [7, 11) is 3.17. The number of methoxy groups -OCH3 is 2. The summed E-state index contributed by atoms with van der Waals surface area (Å²) in [6.45, 7) is 2.01. The van der Waals surface area contributed by atoms with E-state index in [0.717, 1.165) is 54.0 Å². The summed E-state index contributed by atoms with van der Waals surface area (Å²) in [4.78, 5) is 34.4. The molecule has 0 aliphatic carbocycles. The van der Waals surface area contributed by atoms with Gasteiger partial charge in [-0.05, 0) is 37.1 Å². The monoisotopic (exact) mass is 559 g/mol. The number of anilines is 1. The van der Waals surface area contributed by atoms with Crippen LogP contribution in [0.3, 0.4) is 0 Å². The molecule has 0 amide bonds. The Labute approximate surface area is 243 Å². The molecule has 3 aromatic heterocycles. The standard InChI is InChI=1S/C33H29N5O4/c1-40-28-17-24-25(18-29(28)41-2)34-13-10-27(24)42-23-9-8-22(35-19-23)16-26(39)33-36-30(20-6-4-3-5-7-20)32-31(37-33)21-11-14-38(32)15-12-21/h3-10,13,17-19,21H,11-12,14-16H2,1-2H3. The molecule has 9 nitrogen and oxygen atoms in total. The summed E-state index contributed by atoms with van der Waals surface area (Å²) >= 11 is 0. The SMILES string of the molecule is COc1cc2nccc(Oc3ccc(CC(=O)c4nc(-c5ccccc5)c5c(n4)C4CCN5CC4)nc3)c2cc1OC. The van der Waals surface area contributed by atoms with Crippen LogP contribution in [0, 0.1) is 0 Å². The minimum atomic E-state index is -0.159. The largest absolute Gasteiger partial charge is 0.493 e. The molecule has 9 heteroatoms. The number of ketones is 1. The molecule has 0 saturated carbocycles. The van der Waals surface area contributed by atoms with Gasteiger partial charge in [0.2, 0.25) is 5.78 Å². The third-order valence-corrected chi connectivity index (χ3v) is 7.98. The van der Waals surface area contributed by atoms with Crippen LogP contribution in [0.25, 0.3) is 22.2 Å². The number of fused-ring (bicyclic) bond motifs is 3. The molecule has 2 aromatic carbocycles. The zero-order valence-corrected chi connectivity index (χ0v) is 23.4. The van der Waals surface area contributed by atoms with Crippen LogP contribution >= 0.6 is 0 Å². The van der Waals surface area contributed by atoms with Crippen LogP contribution in [-0.4, -0.2) is 53.0 Å². The third-order valence-electron chi connectivity index (χ3n) is 7.98. The van der Waals surface area contributed by atoms with Gasteiger partial charge in [-0.1, -0.05) is 30.3 Å². The highest BCUT2D eigenvalue weighted by atomic mass is 16.5.